The molecule has 1 aromatic heterocycles. The first kappa shape index (κ1) is 13.2. The Bertz CT molecular complexity index is 843. The highest BCUT2D eigenvalue weighted by atomic mass is 32.2. The number of aliphatic imine (C=N–C) groups is 2. The van der Waals surface area contributed by atoms with Crippen molar-refractivity contribution in [1.82, 2.24) is 4.98 Å². The third-order valence-electron chi connectivity index (χ3n) is 3.36. The van der Waals surface area contributed by atoms with Crippen molar-refractivity contribution in [3.63, 3.8) is 0 Å². The number of nitrogens with zero attached hydrogens (tertiary/aromatic N) is 3. The minimum absolute atomic E-state index is 0.168. The van der Waals surface area contributed by atoms with E-state index >= 15 is 0 Å². The summed E-state index contributed by atoms with van der Waals surface area (Å²) in [7, 11) is 0. The number of rotatable bonds is 3. The quantitative estimate of drug-likeness (QED) is 0.817. The summed E-state index contributed by atoms with van der Waals surface area (Å²) in [6.07, 6.45) is 7.38. The lowest BCUT2D eigenvalue weighted by atomic mass is 9.97. The first-order valence-electron chi connectivity index (χ1n) is 6.83. The Morgan fingerprint density at radius 2 is 2.09 bits per heavy atom. The van der Waals surface area contributed by atoms with E-state index in [2.05, 4.69) is 15.0 Å². The summed E-state index contributed by atoms with van der Waals surface area (Å²) in [4.78, 5) is 24.9. The monoisotopic (exact) mass is 309 g/mol. The second-order valence-electron chi connectivity index (χ2n) is 4.86. The van der Waals surface area contributed by atoms with Gasteiger partial charge in [-0.05, 0) is 18.2 Å². The van der Waals surface area contributed by atoms with Gasteiger partial charge < -0.3 is 4.42 Å². The van der Waals surface area contributed by atoms with Crippen molar-refractivity contribution in [2.45, 2.75) is 5.22 Å². The maximum atomic E-state index is 12.0. The molecule has 2 heterocycles. The van der Waals surface area contributed by atoms with Crippen LogP contribution in [-0.2, 0) is 4.79 Å². The number of amidine groups is 1. The summed E-state index contributed by atoms with van der Waals surface area (Å²) < 4.78 is 5.63. The van der Waals surface area contributed by atoms with Crippen molar-refractivity contribution in [3.8, 4) is 0 Å². The lowest BCUT2D eigenvalue weighted by molar-refractivity contribution is -0.118. The van der Waals surface area contributed by atoms with Crippen LogP contribution in [0.2, 0.25) is 0 Å². The minimum atomic E-state index is -0.330. The molecule has 6 heteroatoms. The molecule has 1 amide bonds. The lowest BCUT2D eigenvalue weighted by Crippen LogP contribution is -2.27. The summed E-state index contributed by atoms with van der Waals surface area (Å²) in [5.41, 5.74) is 2.31. The summed E-state index contributed by atoms with van der Waals surface area (Å²) in [6, 6.07) is 7.59. The molecular weight excluding hydrogens is 298 g/mol. The highest BCUT2D eigenvalue weighted by Gasteiger charge is 2.26. The van der Waals surface area contributed by atoms with Crippen LogP contribution in [0.4, 0.5) is 0 Å². The van der Waals surface area contributed by atoms with Crippen LogP contribution in [0.25, 0.3) is 11.1 Å². The van der Waals surface area contributed by atoms with E-state index in [0.29, 0.717) is 16.8 Å². The van der Waals surface area contributed by atoms with E-state index in [1.807, 2.05) is 48.6 Å². The highest BCUT2D eigenvalue weighted by molar-refractivity contribution is 7.99. The Kier molecular flexibility index (Phi) is 3.23. The number of allylic oxidation sites excluding steroid dienone is 3. The zero-order valence-electron chi connectivity index (χ0n) is 11.5. The predicted molar refractivity (Wildman–Crippen MR) is 86.4 cm³/mol. The number of benzene rings is 1. The zero-order valence-corrected chi connectivity index (χ0v) is 12.3. The van der Waals surface area contributed by atoms with Gasteiger partial charge in [0.25, 0.3) is 11.1 Å². The second-order valence-corrected chi connectivity index (χ2v) is 5.79. The summed E-state index contributed by atoms with van der Waals surface area (Å²) >= 11 is 1.38. The van der Waals surface area contributed by atoms with Crippen LogP contribution < -0.4 is 0 Å². The van der Waals surface area contributed by atoms with Gasteiger partial charge in [0.05, 0.1) is 11.5 Å². The normalized spacial score (nSPS) is 20.0. The van der Waals surface area contributed by atoms with Gasteiger partial charge in [0.1, 0.15) is 17.3 Å². The maximum absolute atomic E-state index is 12.0. The van der Waals surface area contributed by atoms with Crippen molar-refractivity contribution in [2.75, 3.05) is 5.75 Å². The Balaban J connectivity index is 1.52. The lowest BCUT2D eigenvalue weighted by Gasteiger charge is -2.17. The summed E-state index contributed by atoms with van der Waals surface area (Å²) in [5, 5.41) is 0.553. The standard InChI is InChI=1S/C16H11N3O2S/c20-15-10-5-1-2-6-11(10)17-14(19-15)9-22-16-18-12-7-3-4-8-13(12)21-16/h1-8,10H,9H2. The fraction of sp³-hybridized carbons (Fsp3) is 0.125. The largest absolute Gasteiger partial charge is 0.431 e. The number of thioether (sulfide) groups is 1. The molecule has 0 saturated heterocycles. The molecule has 5 nitrogen and oxygen atoms in total. The molecule has 1 atom stereocenters. The third kappa shape index (κ3) is 2.42. The Labute approximate surface area is 130 Å². The van der Waals surface area contributed by atoms with Crippen molar-refractivity contribution < 1.29 is 9.21 Å². The molecular formula is C16H11N3O2S. The van der Waals surface area contributed by atoms with Gasteiger partial charge in [-0.25, -0.2) is 9.98 Å². The van der Waals surface area contributed by atoms with E-state index in [1.54, 1.807) is 0 Å². The third-order valence-corrected chi connectivity index (χ3v) is 4.19. The van der Waals surface area contributed by atoms with Gasteiger partial charge in [-0.3, -0.25) is 4.79 Å². The molecule has 108 valence electrons. The predicted octanol–water partition coefficient (Wildman–Crippen LogP) is 3.04. The van der Waals surface area contributed by atoms with E-state index in [4.69, 9.17) is 4.42 Å². The van der Waals surface area contributed by atoms with Crippen LogP contribution in [0.5, 0.6) is 0 Å². The Morgan fingerprint density at radius 1 is 1.18 bits per heavy atom. The first-order valence-corrected chi connectivity index (χ1v) is 7.81. The zero-order chi connectivity index (χ0) is 14.9. The Morgan fingerprint density at radius 3 is 3.00 bits per heavy atom. The molecule has 22 heavy (non-hydrogen) atoms. The fourth-order valence-corrected chi connectivity index (χ4v) is 3.01. The average molecular weight is 309 g/mol. The van der Waals surface area contributed by atoms with E-state index in [9.17, 15) is 4.79 Å². The van der Waals surface area contributed by atoms with Crippen LogP contribution in [0.1, 0.15) is 0 Å². The van der Waals surface area contributed by atoms with Gasteiger partial charge in [-0.1, -0.05) is 42.1 Å². The van der Waals surface area contributed by atoms with E-state index < -0.39 is 0 Å². The smallest absolute Gasteiger partial charge is 0.260 e. The van der Waals surface area contributed by atoms with Crippen LogP contribution in [0.3, 0.4) is 0 Å². The number of fused-ring (bicyclic) bond motifs is 2. The molecule has 0 spiro atoms. The molecule has 0 saturated carbocycles. The molecule has 1 aliphatic heterocycles. The number of amides is 1. The molecule has 0 N–H and O–H groups in total. The van der Waals surface area contributed by atoms with Gasteiger partial charge in [0.15, 0.2) is 5.58 Å². The van der Waals surface area contributed by atoms with Crippen molar-refractivity contribution in [1.29, 1.82) is 0 Å². The second kappa shape index (κ2) is 5.38. The van der Waals surface area contributed by atoms with Gasteiger partial charge in [-0.2, -0.15) is 4.99 Å². The van der Waals surface area contributed by atoms with Crippen molar-refractivity contribution in [3.05, 3.63) is 48.6 Å². The number of aromatic nitrogens is 1. The molecule has 2 aromatic rings. The number of para-hydroxylation sites is 2. The number of hydrogen-bond donors (Lipinski definition) is 0. The molecule has 0 bridgehead atoms. The molecule has 0 fully saturated rings. The van der Waals surface area contributed by atoms with Crippen molar-refractivity contribution in [2.24, 2.45) is 15.9 Å². The number of oxazole rings is 1. The van der Waals surface area contributed by atoms with Crippen LogP contribution >= 0.6 is 11.8 Å². The number of hydrogen-bond acceptors (Lipinski definition) is 5. The topological polar surface area (TPSA) is 67.8 Å². The molecule has 2 aliphatic rings. The summed E-state index contributed by atoms with van der Waals surface area (Å²) in [6.45, 7) is 0. The van der Waals surface area contributed by atoms with Crippen LogP contribution in [0, 0.1) is 5.92 Å². The molecule has 1 aliphatic carbocycles. The van der Waals surface area contributed by atoms with E-state index in [0.717, 1.165) is 16.8 Å². The molecule has 1 aromatic carbocycles. The van der Waals surface area contributed by atoms with Gasteiger partial charge in [-0.15, -0.1) is 0 Å². The van der Waals surface area contributed by atoms with Gasteiger partial charge in [0.2, 0.25) is 0 Å². The Hall–Kier alpha value is -2.47. The summed E-state index contributed by atoms with van der Waals surface area (Å²) in [5.74, 6) is 0.456. The number of carbonyl (C=O) groups is 1. The molecule has 4 rings (SSSR count). The SMILES string of the molecule is O=C1N=C(CSc2nc3ccccc3o2)N=C2C=CC=CC12. The highest BCUT2D eigenvalue weighted by Crippen LogP contribution is 2.24. The average Bonchev–Trinajstić information content (AvgIpc) is 2.96. The minimum Gasteiger partial charge on any atom is -0.431 e. The van der Waals surface area contributed by atoms with E-state index in [1.165, 1.54) is 11.8 Å². The van der Waals surface area contributed by atoms with Crippen LogP contribution in [-0.4, -0.2) is 28.2 Å². The van der Waals surface area contributed by atoms with E-state index in [-0.39, 0.29) is 11.8 Å². The fourth-order valence-electron chi connectivity index (χ4n) is 2.32. The van der Waals surface area contributed by atoms with Gasteiger partial charge >= 0.3 is 0 Å². The van der Waals surface area contributed by atoms with Gasteiger partial charge in [0, 0.05) is 0 Å². The molecule has 1 unspecified atom stereocenters. The first-order chi connectivity index (χ1) is 10.8. The number of carbonyl (C=O) groups excluding carboxylic acids is 1. The maximum Gasteiger partial charge on any atom is 0.260 e. The van der Waals surface area contributed by atoms with Crippen LogP contribution in [0.15, 0.2) is 68.2 Å². The van der Waals surface area contributed by atoms with Crippen molar-refractivity contribution >= 4 is 40.3 Å². The molecule has 0 radical (unpaired) electrons.